The van der Waals surface area contributed by atoms with Gasteiger partial charge in [-0.05, 0) is 42.8 Å². The molecule has 1 aliphatic carbocycles. The first-order valence-electron chi connectivity index (χ1n) is 8.98. The molecule has 2 N–H and O–H groups in total. The van der Waals surface area contributed by atoms with Gasteiger partial charge in [0.1, 0.15) is 17.1 Å². The number of carboxylic acids is 1. The second-order valence-electron chi connectivity index (χ2n) is 6.17. The van der Waals surface area contributed by atoms with Crippen LogP contribution in [-0.4, -0.2) is 16.2 Å². The Morgan fingerprint density at radius 1 is 0.929 bits per heavy atom. The summed E-state index contributed by atoms with van der Waals surface area (Å²) in [4.78, 5) is 23.5. The third-order valence-corrected chi connectivity index (χ3v) is 4.35. The second-order valence-corrected chi connectivity index (χ2v) is 6.17. The number of phenols is 1. The van der Waals surface area contributed by atoms with Crippen LogP contribution in [0.3, 0.4) is 0 Å². The topological polar surface area (TPSA) is 87.7 Å². The highest BCUT2D eigenvalue weighted by Crippen LogP contribution is 2.42. The van der Waals surface area contributed by atoms with Crippen molar-refractivity contribution < 1.29 is 19.4 Å². The normalized spacial score (nSPS) is 10.5. The summed E-state index contributed by atoms with van der Waals surface area (Å²) in [5.74, 6) is -0.683. The molecule has 5 heteroatoms. The molecule has 0 unspecified atom stereocenters. The number of hydrogen-bond acceptors (Lipinski definition) is 4. The number of phenolic OH excluding ortho intramolecular Hbond substituents is 1. The maximum Gasteiger partial charge on any atom is 0.336 e. The van der Waals surface area contributed by atoms with Gasteiger partial charge in [-0.25, -0.2) is 4.79 Å². The molecular weight excluding hydrogens is 356 g/mol. The summed E-state index contributed by atoms with van der Waals surface area (Å²) in [6.07, 6.45) is 0. The van der Waals surface area contributed by atoms with Crippen LogP contribution in [0.2, 0.25) is 0 Å². The zero-order valence-corrected chi connectivity index (χ0v) is 15.8. The van der Waals surface area contributed by atoms with Crippen LogP contribution >= 0.6 is 0 Å². The van der Waals surface area contributed by atoms with E-state index < -0.39 is 5.97 Å². The highest BCUT2D eigenvalue weighted by Gasteiger charge is 2.21. The molecule has 2 aromatic carbocycles. The molecule has 4 rings (SSSR count). The number of aromatic hydroxyl groups is 1. The van der Waals surface area contributed by atoms with Crippen molar-refractivity contribution in [2.24, 2.45) is 0 Å². The highest BCUT2D eigenvalue weighted by molar-refractivity contribution is 6.07. The summed E-state index contributed by atoms with van der Waals surface area (Å²) in [6.45, 7) is 5.88. The first kappa shape index (κ1) is 19.2. The zero-order valence-electron chi connectivity index (χ0n) is 15.8. The summed E-state index contributed by atoms with van der Waals surface area (Å²) in [5.41, 5.74) is 3.05. The van der Waals surface area contributed by atoms with Gasteiger partial charge >= 0.3 is 5.97 Å². The van der Waals surface area contributed by atoms with Crippen LogP contribution in [-0.2, 0) is 0 Å². The molecule has 28 heavy (non-hydrogen) atoms. The molecule has 2 aliphatic rings. The minimum Gasteiger partial charge on any atom is -0.508 e. The Morgan fingerprint density at radius 2 is 1.68 bits per heavy atom. The Morgan fingerprint density at radius 3 is 2.39 bits per heavy atom. The molecular formula is C23H20O5. The molecule has 0 saturated heterocycles. The standard InChI is InChI=1S/C21H14O5.C2H6/c1-11-2-5-14(21(24)25)17(8-11)20-15-6-3-12(22)9-18(15)26-19-10-13(23)4-7-16(19)20;1-2/h2-10,22H,1H3,(H,24,25);1-2H3. The number of hydrogen-bond donors (Lipinski definition) is 2. The van der Waals surface area contributed by atoms with Crippen LogP contribution in [0.25, 0.3) is 33.4 Å². The fourth-order valence-corrected chi connectivity index (χ4v) is 3.20. The van der Waals surface area contributed by atoms with Crippen LogP contribution in [0.4, 0.5) is 0 Å². The fraction of sp³-hybridized carbons (Fsp3) is 0.130. The smallest absolute Gasteiger partial charge is 0.336 e. The minimum absolute atomic E-state index is 0.0209. The summed E-state index contributed by atoms with van der Waals surface area (Å²) in [5, 5.41) is 20.1. The van der Waals surface area contributed by atoms with Gasteiger partial charge in [0.05, 0.1) is 5.56 Å². The van der Waals surface area contributed by atoms with Crippen LogP contribution < -0.4 is 5.43 Å². The van der Waals surface area contributed by atoms with E-state index in [2.05, 4.69) is 0 Å². The number of benzene rings is 3. The lowest BCUT2D eigenvalue weighted by Gasteiger charge is -2.17. The monoisotopic (exact) mass is 376 g/mol. The lowest BCUT2D eigenvalue weighted by molar-refractivity contribution is 0.0697. The second kappa shape index (κ2) is 7.56. The van der Waals surface area contributed by atoms with Crippen molar-refractivity contribution in [3.63, 3.8) is 0 Å². The van der Waals surface area contributed by atoms with Crippen molar-refractivity contribution in [3.05, 3.63) is 75.9 Å². The molecule has 142 valence electrons. The van der Waals surface area contributed by atoms with E-state index >= 15 is 0 Å². The largest absolute Gasteiger partial charge is 0.508 e. The lowest BCUT2D eigenvalue weighted by atomic mass is 9.90. The fourth-order valence-electron chi connectivity index (χ4n) is 3.20. The average Bonchev–Trinajstić information content (AvgIpc) is 2.67. The van der Waals surface area contributed by atoms with E-state index in [4.69, 9.17) is 4.42 Å². The van der Waals surface area contributed by atoms with E-state index in [1.807, 2.05) is 20.8 Å². The Bertz CT molecular complexity index is 1200. The molecule has 0 aromatic heterocycles. The molecule has 0 atom stereocenters. The Hall–Kier alpha value is -3.60. The predicted molar refractivity (Wildman–Crippen MR) is 109 cm³/mol. The van der Waals surface area contributed by atoms with E-state index in [1.165, 1.54) is 24.3 Å². The van der Waals surface area contributed by atoms with Crippen LogP contribution in [0.1, 0.15) is 29.8 Å². The van der Waals surface area contributed by atoms with Crippen LogP contribution in [0, 0.1) is 6.92 Å². The van der Waals surface area contributed by atoms with Crippen molar-refractivity contribution in [2.45, 2.75) is 20.8 Å². The van der Waals surface area contributed by atoms with Crippen LogP contribution in [0.15, 0.2) is 63.8 Å². The summed E-state index contributed by atoms with van der Waals surface area (Å²) in [6, 6.07) is 14.2. The van der Waals surface area contributed by atoms with E-state index in [-0.39, 0.29) is 16.7 Å². The minimum atomic E-state index is -1.04. The van der Waals surface area contributed by atoms with Gasteiger partial charge < -0.3 is 14.6 Å². The Kier molecular flexibility index (Phi) is 5.18. The molecule has 0 bridgehead atoms. The van der Waals surface area contributed by atoms with Gasteiger partial charge in [-0.15, -0.1) is 0 Å². The van der Waals surface area contributed by atoms with Crippen molar-refractivity contribution in [2.75, 3.05) is 0 Å². The van der Waals surface area contributed by atoms with Gasteiger partial charge in [0, 0.05) is 28.6 Å². The third-order valence-electron chi connectivity index (χ3n) is 4.35. The molecule has 0 fully saturated rings. The molecule has 0 amide bonds. The number of fused-ring (bicyclic) bond motifs is 2. The molecule has 2 aromatic rings. The first-order chi connectivity index (χ1) is 13.4. The van der Waals surface area contributed by atoms with Crippen LogP contribution in [0.5, 0.6) is 5.75 Å². The van der Waals surface area contributed by atoms with Gasteiger partial charge in [0.2, 0.25) is 0 Å². The molecule has 0 saturated carbocycles. The van der Waals surface area contributed by atoms with E-state index in [9.17, 15) is 19.8 Å². The molecule has 5 nitrogen and oxygen atoms in total. The van der Waals surface area contributed by atoms with Gasteiger partial charge in [0.15, 0.2) is 5.43 Å². The SMILES string of the molecule is CC.Cc1ccc(C(=O)O)c(-c2c3ccc(=O)cc-3oc3cc(O)ccc23)c1. The predicted octanol–water partition coefficient (Wildman–Crippen LogP) is 5.30. The lowest BCUT2D eigenvalue weighted by Crippen LogP contribution is -2.03. The third kappa shape index (κ3) is 3.34. The van der Waals surface area contributed by atoms with Crippen molar-refractivity contribution in [1.82, 2.24) is 0 Å². The molecule has 0 spiro atoms. The number of carboxylic acid groups (broad SMARTS) is 1. The maximum absolute atomic E-state index is 11.8. The first-order valence-corrected chi connectivity index (χ1v) is 8.98. The van der Waals surface area contributed by atoms with Gasteiger partial charge in [-0.1, -0.05) is 31.5 Å². The van der Waals surface area contributed by atoms with E-state index in [0.29, 0.717) is 33.4 Å². The summed E-state index contributed by atoms with van der Waals surface area (Å²) in [7, 11) is 0. The molecule has 1 heterocycles. The zero-order chi connectivity index (χ0) is 20.4. The van der Waals surface area contributed by atoms with Gasteiger partial charge in [-0.2, -0.15) is 0 Å². The summed E-state index contributed by atoms with van der Waals surface area (Å²) >= 11 is 0. The van der Waals surface area contributed by atoms with E-state index in [1.54, 1.807) is 30.3 Å². The Balaban J connectivity index is 0.00000109. The highest BCUT2D eigenvalue weighted by atomic mass is 16.4. The quantitative estimate of drug-likeness (QED) is 0.463. The number of aromatic carboxylic acids is 1. The van der Waals surface area contributed by atoms with Crippen molar-refractivity contribution in [3.8, 4) is 28.2 Å². The summed E-state index contributed by atoms with van der Waals surface area (Å²) < 4.78 is 5.79. The molecule has 0 radical (unpaired) electrons. The maximum atomic E-state index is 11.8. The van der Waals surface area contributed by atoms with Gasteiger partial charge in [0.25, 0.3) is 0 Å². The van der Waals surface area contributed by atoms with Gasteiger partial charge in [-0.3, -0.25) is 4.79 Å². The number of aryl methyl sites for hydroxylation is 1. The van der Waals surface area contributed by atoms with E-state index in [0.717, 1.165) is 5.56 Å². The number of carbonyl (C=O) groups is 1. The Labute approximate surface area is 161 Å². The van der Waals surface area contributed by atoms with Crippen molar-refractivity contribution >= 4 is 16.9 Å². The molecule has 1 aliphatic heterocycles. The number of rotatable bonds is 2. The average molecular weight is 376 g/mol. The van der Waals surface area contributed by atoms with Crippen molar-refractivity contribution in [1.29, 1.82) is 0 Å².